The Labute approximate surface area is 152 Å². The van der Waals surface area contributed by atoms with Crippen LogP contribution in [0.4, 0.5) is 0 Å². The van der Waals surface area contributed by atoms with Crippen LogP contribution in [0.3, 0.4) is 0 Å². The van der Waals surface area contributed by atoms with Crippen LogP contribution in [-0.4, -0.2) is 25.0 Å². The molecule has 0 aliphatic heterocycles. The van der Waals surface area contributed by atoms with E-state index in [0.717, 1.165) is 10.9 Å². The summed E-state index contributed by atoms with van der Waals surface area (Å²) in [5.41, 5.74) is 1.92. The van der Waals surface area contributed by atoms with Gasteiger partial charge in [-0.2, -0.15) is 0 Å². The molecule has 1 aromatic heterocycles. The van der Waals surface area contributed by atoms with Crippen LogP contribution in [0.25, 0.3) is 17.0 Å². The Hall–Kier alpha value is -2.86. The maximum atomic E-state index is 13.2. The highest BCUT2D eigenvalue weighted by atomic mass is 32.2. The molecule has 6 heteroatoms. The van der Waals surface area contributed by atoms with Crippen molar-refractivity contribution in [2.75, 3.05) is 6.61 Å². The summed E-state index contributed by atoms with van der Waals surface area (Å²) < 4.78 is 32.6. The molecule has 5 nitrogen and oxygen atoms in total. The zero-order valence-corrected chi connectivity index (χ0v) is 15.4. The second-order valence-corrected chi connectivity index (χ2v) is 7.58. The molecule has 0 unspecified atom stereocenters. The molecule has 0 aliphatic carbocycles. The standard InChI is InChI=1S/C20H19NO4S/c1-3-25-20(22)13-10-17-14-16-6-4-5-7-19(16)21(17)26(23,24)18-11-8-15(2)9-12-18/h4-14H,3H2,1-2H3. The lowest BCUT2D eigenvalue weighted by Crippen LogP contribution is -2.14. The quantitative estimate of drug-likeness (QED) is 0.507. The molecule has 26 heavy (non-hydrogen) atoms. The molecule has 3 aromatic rings. The summed E-state index contributed by atoms with van der Waals surface area (Å²) >= 11 is 0. The fourth-order valence-electron chi connectivity index (χ4n) is 2.70. The highest BCUT2D eigenvalue weighted by molar-refractivity contribution is 7.90. The molecule has 0 N–H and O–H groups in total. The van der Waals surface area contributed by atoms with Crippen LogP contribution in [0.5, 0.6) is 0 Å². The molecule has 0 bridgehead atoms. The number of aryl methyl sites for hydroxylation is 1. The zero-order valence-electron chi connectivity index (χ0n) is 14.5. The monoisotopic (exact) mass is 369 g/mol. The molecule has 1 heterocycles. The van der Waals surface area contributed by atoms with Gasteiger partial charge in [-0.3, -0.25) is 0 Å². The lowest BCUT2D eigenvalue weighted by Gasteiger charge is -2.10. The summed E-state index contributed by atoms with van der Waals surface area (Å²) in [7, 11) is -3.82. The van der Waals surface area contributed by atoms with Gasteiger partial charge in [0.1, 0.15) is 0 Å². The van der Waals surface area contributed by atoms with Gasteiger partial charge in [0, 0.05) is 11.5 Å². The first-order chi connectivity index (χ1) is 12.4. The van der Waals surface area contributed by atoms with Gasteiger partial charge < -0.3 is 4.74 Å². The first kappa shape index (κ1) is 17.9. The number of carbonyl (C=O) groups excluding carboxylic acids is 1. The molecule has 0 aliphatic rings. The smallest absolute Gasteiger partial charge is 0.330 e. The van der Waals surface area contributed by atoms with Crippen LogP contribution in [-0.2, 0) is 19.6 Å². The summed E-state index contributed by atoms with van der Waals surface area (Å²) in [6.07, 6.45) is 2.70. The van der Waals surface area contributed by atoms with Crippen molar-refractivity contribution >= 4 is 33.0 Å². The Morgan fingerprint density at radius 2 is 1.81 bits per heavy atom. The summed E-state index contributed by atoms with van der Waals surface area (Å²) in [4.78, 5) is 11.8. The van der Waals surface area contributed by atoms with E-state index >= 15 is 0 Å². The van der Waals surface area contributed by atoms with Gasteiger partial charge in [0.05, 0.1) is 22.7 Å². The predicted molar refractivity (Wildman–Crippen MR) is 101 cm³/mol. The fourth-order valence-corrected chi connectivity index (χ4v) is 4.20. The first-order valence-electron chi connectivity index (χ1n) is 8.21. The van der Waals surface area contributed by atoms with Crippen LogP contribution < -0.4 is 0 Å². The minimum absolute atomic E-state index is 0.190. The molecular formula is C20H19NO4S. The van der Waals surface area contributed by atoms with Crippen LogP contribution in [0.2, 0.25) is 0 Å². The van der Waals surface area contributed by atoms with Crippen LogP contribution in [0, 0.1) is 6.92 Å². The Kier molecular flexibility index (Phi) is 4.95. The van der Waals surface area contributed by atoms with Gasteiger partial charge in [-0.15, -0.1) is 0 Å². The third kappa shape index (κ3) is 3.41. The average Bonchev–Trinajstić information content (AvgIpc) is 3.00. The van der Waals surface area contributed by atoms with Gasteiger partial charge in [-0.25, -0.2) is 17.2 Å². The van der Waals surface area contributed by atoms with Gasteiger partial charge in [0.2, 0.25) is 0 Å². The SMILES string of the molecule is CCOC(=O)C=Cc1cc2ccccc2n1S(=O)(=O)c1ccc(C)cc1. The van der Waals surface area contributed by atoms with Crippen molar-refractivity contribution in [3.05, 3.63) is 71.9 Å². The normalized spacial score (nSPS) is 11.9. The van der Waals surface area contributed by atoms with Crippen molar-refractivity contribution in [2.24, 2.45) is 0 Å². The van der Waals surface area contributed by atoms with E-state index in [9.17, 15) is 13.2 Å². The van der Waals surface area contributed by atoms with E-state index in [2.05, 4.69) is 0 Å². The van der Waals surface area contributed by atoms with Gasteiger partial charge in [0.15, 0.2) is 0 Å². The molecule has 0 saturated carbocycles. The number of para-hydroxylation sites is 1. The number of benzene rings is 2. The number of fused-ring (bicyclic) bond motifs is 1. The molecule has 0 amide bonds. The van der Waals surface area contributed by atoms with E-state index in [1.165, 1.54) is 16.1 Å². The summed E-state index contributed by atoms with van der Waals surface area (Å²) in [5.74, 6) is -0.517. The number of carbonyl (C=O) groups is 1. The highest BCUT2D eigenvalue weighted by Crippen LogP contribution is 2.26. The van der Waals surface area contributed by atoms with Gasteiger partial charge >= 0.3 is 5.97 Å². The van der Waals surface area contributed by atoms with Crippen molar-refractivity contribution in [1.82, 2.24) is 3.97 Å². The number of nitrogens with zero attached hydrogens (tertiary/aromatic N) is 1. The molecule has 0 radical (unpaired) electrons. The second kappa shape index (κ2) is 7.17. The Balaban J connectivity index is 2.18. The zero-order chi connectivity index (χ0) is 18.7. The van der Waals surface area contributed by atoms with E-state index in [4.69, 9.17) is 4.74 Å². The maximum Gasteiger partial charge on any atom is 0.330 e. The molecular weight excluding hydrogens is 350 g/mol. The average molecular weight is 369 g/mol. The molecule has 0 atom stereocenters. The Bertz CT molecular complexity index is 1080. The first-order valence-corrected chi connectivity index (χ1v) is 9.65. The van der Waals surface area contributed by atoms with Crippen LogP contribution in [0.15, 0.2) is 65.6 Å². The van der Waals surface area contributed by atoms with Crippen molar-refractivity contribution in [2.45, 2.75) is 18.7 Å². The Morgan fingerprint density at radius 3 is 2.50 bits per heavy atom. The van der Waals surface area contributed by atoms with Gasteiger partial charge in [-0.1, -0.05) is 35.9 Å². The lowest BCUT2D eigenvalue weighted by atomic mass is 10.2. The molecule has 0 saturated heterocycles. The fraction of sp³-hybridized carbons (Fsp3) is 0.150. The number of esters is 1. The van der Waals surface area contributed by atoms with Crippen LogP contribution in [0.1, 0.15) is 18.2 Å². The maximum absolute atomic E-state index is 13.2. The third-order valence-corrected chi connectivity index (χ3v) is 5.69. The number of hydrogen-bond donors (Lipinski definition) is 0. The topological polar surface area (TPSA) is 65.4 Å². The summed E-state index contributed by atoms with van der Waals surface area (Å²) in [6.45, 7) is 3.87. The highest BCUT2D eigenvalue weighted by Gasteiger charge is 2.22. The van der Waals surface area contributed by atoms with E-state index in [1.807, 2.05) is 19.1 Å². The van der Waals surface area contributed by atoms with E-state index in [0.29, 0.717) is 11.2 Å². The number of ether oxygens (including phenoxy) is 1. The minimum Gasteiger partial charge on any atom is -0.463 e. The minimum atomic E-state index is -3.82. The van der Waals surface area contributed by atoms with Crippen molar-refractivity contribution < 1.29 is 17.9 Å². The predicted octanol–water partition coefficient (Wildman–Crippen LogP) is 3.76. The number of aromatic nitrogens is 1. The second-order valence-electron chi connectivity index (χ2n) is 5.80. The summed E-state index contributed by atoms with van der Waals surface area (Å²) in [6, 6.07) is 15.6. The van der Waals surface area contributed by atoms with Gasteiger partial charge in [-0.05, 0) is 44.2 Å². The van der Waals surface area contributed by atoms with E-state index in [-0.39, 0.29) is 11.5 Å². The molecule has 134 valence electrons. The van der Waals surface area contributed by atoms with Crippen molar-refractivity contribution in [3.8, 4) is 0 Å². The van der Waals surface area contributed by atoms with Crippen LogP contribution >= 0.6 is 0 Å². The largest absolute Gasteiger partial charge is 0.463 e. The molecule has 0 fully saturated rings. The van der Waals surface area contributed by atoms with Crippen molar-refractivity contribution in [3.63, 3.8) is 0 Å². The Morgan fingerprint density at radius 1 is 1.12 bits per heavy atom. The molecule has 0 spiro atoms. The lowest BCUT2D eigenvalue weighted by molar-refractivity contribution is -0.137. The van der Waals surface area contributed by atoms with E-state index in [1.54, 1.807) is 49.4 Å². The molecule has 2 aromatic carbocycles. The van der Waals surface area contributed by atoms with Crippen molar-refractivity contribution in [1.29, 1.82) is 0 Å². The number of rotatable bonds is 5. The summed E-state index contributed by atoms with van der Waals surface area (Å²) in [5, 5.41) is 0.770. The van der Waals surface area contributed by atoms with E-state index < -0.39 is 16.0 Å². The number of hydrogen-bond acceptors (Lipinski definition) is 4. The van der Waals surface area contributed by atoms with Gasteiger partial charge in [0.25, 0.3) is 10.0 Å². The third-order valence-electron chi connectivity index (χ3n) is 3.93. The molecule has 3 rings (SSSR count).